The number of aliphatic hydroxyl groups is 1. The Morgan fingerprint density at radius 2 is 2.05 bits per heavy atom. The first-order chi connectivity index (χ1) is 10.1. The van der Waals surface area contributed by atoms with Crippen LogP contribution in [0.3, 0.4) is 0 Å². The van der Waals surface area contributed by atoms with Crippen molar-refractivity contribution in [3.63, 3.8) is 0 Å². The number of hydrogen-bond donors (Lipinski definition) is 2. The Labute approximate surface area is 124 Å². The summed E-state index contributed by atoms with van der Waals surface area (Å²) < 4.78 is 13.6. The van der Waals surface area contributed by atoms with E-state index in [1.54, 1.807) is 0 Å². The van der Waals surface area contributed by atoms with Gasteiger partial charge < -0.3 is 10.4 Å². The van der Waals surface area contributed by atoms with Crippen LogP contribution in [0.5, 0.6) is 0 Å². The van der Waals surface area contributed by atoms with Crippen molar-refractivity contribution in [2.75, 3.05) is 11.9 Å². The number of fused-ring (bicyclic) bond motifs is 1. The number of benzene rings is 2. The van der Waals surface area contributed by atoms with E-state index in [1.807, 2.05) is 25.1 Å². The topological polar surface area (TPSA) is 32.3 Å². The Morgan fingerprint density at radius 3 is 2.81 bits per heavy atom. The lowest BCUT2D eigenvalue weighted by atomic mass is 9.76. The van der Waals surface area contributed by atoms with Gasteiger partial charge in [-0.25, -0.2) is 4.39 Å². The molecule has 110 valence electrons. The third kappa shape index (κ3) is 2.66. The van der Waals surface area contributed by atoms with E-state index >= 15 is 0 Å². The first-order valence-corrected chi connectivity index (χ1v) is 7.38. The maximum Gasteiger partial charge on any atom is 0.125 e. The second kappa shape index (κ2) is 5.49. The second-order valence-electron chi connectivity index (χ2n) is 5.89. The van der Waals surface area contributed by atoms with Crippen LogP contribution in [0.2, 0.25) is 0 Å². The Morgan fingerprint density at radius 1 is 1.24 bits per heavy atom. The third-order valence-electron chi connectivity index (χ3n) is 4.28. The van der Waals surface area contributed by atoms with Crippen LogP contribution in [-0.2, 0) is 12.0 Å². The fraction of sp³-hybridized carbons (Fsp3) is 0.333. The van der Waals surface area contributed by atoms with Crippen LogP contribution in [0.15, 0.2) is 42.5 Å². The van der Waals surface area contributed by atoms with Crippen molar-refractivity contribution < 1.29 is 9.50 Å². The number of aryl methyl sites for hydroxylation is 2. The SMILES string of the molecule is Cc1cc(F)cc(NC2(CO)CCCc3ccccc32)c1. The van der Waals surface area contributed by atoms with E-state index in [0.717, 1.165) is 36.1 Å². The van der Waals surface area contributed by atoms with Gasteiger partial charge >= 0.3 is 0 Å². The minimum atomic E-state index is -0.519. The van der Waals surface area contributed by atoms with Crippen molar-refractivity contribution in [1.82, 2.24) is 0 Å². The standard InChI is InChI=1S/C18H20FNO/c1-13-9-15(19)11-16(10-13)20-18(12-21)8-4-6-14-5-2-3-7-17(14)18/h2-3,5,7,9-11,20-21H,4,6,8,12H2,1H3. The maximum atomic E-state index is 13.6. The number of aliphatic hydroxyl groups excluding tert-OH is 1. The average Bonchev–Trinajstić information content (AvgIpc) is 2.46. The van der Waals surface area contributed by atoms with Crippen molar-refractivity contribution in [3.05, 3.63) is 65.0 Å². The van der Waals surface area contributed by atoms with E-state index in [-0.39, 0.29) is 12.4 Å². The van der Waals surface area contributed by atoms with Gasteiger partial charge in [-0.05, 0) is 61.1 Å². The fourth-order valence-corrected chi connectivity index (χ4v) is 3.34. The highest BCUT2D eigenvalue weighted by Crippen LogP contribution is 2.38. The zero-order valence-electron chi connectivity index (χ0n) is 12.2. The summed E-state index contributed by atoms with van der Waals surface area (Å²) in [6.07, 6.45) is 2.89. The molecular weight excluding hydrogens is 265 g/mol. The van der Waals surface area contributed by atoms with Crippen LogP contribution in [0.1, 0.15) is 29.5 Å². The molecule has 2 N–H and O–H groups in total. The lowest BCUT2D eigenvalue weighted by molar-refractivity contribution is 0.194. The van der Waals surface area contributed by atoms with Gasteiger partial charge in [0, 0.05) is 5.69 Å². The van der Waals surface area contributed by atoms with Crippen LogP contribution >= 0.6 is 0 Å². The third-order valence-corrected chi connectivity index (χ3v) is 4.28. The molecule has 0 saturated heterocycles. The summed E-state index contributed by atoms with van der Waals surface area (Å²) in [7, 11) is 0. The molecule has 2 aromatic rings. The van der Waals surface area contributed by atoms with Gasteiger partial charge in [0.05, 0.1) is 12.1 Å². The molecule has 1 aliphatic rings. The monoisotopic (exact) mass is 285 g/mol. The predicted octanol–water partition coefficient (Wildman–Crippen LogP) is 3.77. The Bertz CT molecular complexity index is 635. The molecule has 0 aliphatic heterocycles. The summed E-state index contributed by atoms with van der Waals surface area (Å²) in [6.45, 7) is 1.87. The molecule has 0 bridgehead atoms. The lowest BCUT2D eigenvalue weighted by Gasteiger charge is -2.39. The van der Waals surface area contributed by atoms with Gasteiger partial charge in [0.1, 0.15) is 5.82 Å². The molecule has 3 heteroatoms. The number of halogens is 1. The highest BCUT2D eigenvalue weighted by Gasteiger charge is 2.35. The van der Waals surface area contributed by atoms with Gasteiger partial charge in [0.2, 0.25) is 0 Å². The van der Waals surface area contributed by atoms with Crippen LogP contribution < -0.4 is 5.32 Å². The number of anilines is 1. The molecule has 0 fully saturated rings. The average molecular weight is 285 g/mol. The molecule has 2 aromatic carbocycles. The van der Waals surface area contributed by atoms with Gasteiger partial charge in [-0.15, -0.1) is 0 Å². The molecule has 0 spiro atoms. The zero-order valence-corrected chi connectivity index (χ0v) is 12.2. The first-order valence-electron chi connectivity index (χ1n) is 7.38. The van der Waals surface area contributed by atoms with E-state index in [9.17, 15) is 9.50 Å². The Balaban J connectivity index is 2.02. The molecule has 0 saturated carbocycles. The molecule has 0 amide bonds. The van der Waals surface area contributed by atoms with Gasteiger partial charge in [-0.1, -0.05) is 24.3 Å². The molecule has 0 aromatic heterocycles. The minimum absolute atomic E-state index is 0.000422. The van der Waals surface area contributed by atoms with Crippen LogP contribution in [0.4, 0.5) is 10.1 Å². The lowest BCUT2D eigenvalue weighted by Crippen LogP contribution is -2.42. The molecule has 0 heterocycles. The number of hydrogen-bond acceptors (Lipinski definition) is 2. The summed E-state index contributed by atoms with van der Waals surface area (Å²) in [6, 6.07) is 13.1. The molecule has 1 atom stereocenters. The zero-order chi connectivity index (χ0) is 14.9. The summed E-state index contributed by atoms with van der Waals surface area (Å²) >= 11 is 0. The van der Waals surface area contributed by atoms with E-state index in [2.05, 4.69) is 17.4 Å². The highest BCUT2D eigenvalue weighted by atomic mass is 19.1. The second-order valence-corrected chi connectivity index (χ2v) is 5.89. The summed E-state index contributed by atoms with van der Waals surface area (Å²) in [5.41, 5.74) is 3.46. The maximum absolute atomic E-state index is 13.6. The van der Waals surface area contributed by atoms with Crippen molar-refractivity contribution in [1.29, 1.82) is 0 Å². The highest BCUT2D eigenvalue weighted by molar-refractivity contribution is 5.52. The van der Waals surface area contributed by atoms with Crippen molar-refractivity contribution in [2.24, 2.45) is 0 Å². The molecule has 21 heavy (non-hydrogen) atoms. The van der Waals surface area contributed by atoms with Gasteiger partial charge in [0.15, 0.2) is 0 Å². The van der Waals surface area contributed by atoms with Crippen LogP contribution in [0, 0.1) is 12.7 Å². The summed E-state index contributed by atoms with van der Waals surface area (Å²) in [5, 5.41) is 13.4. The Hall–Kier alpha value is -1.87. The van der Waals surface area contributed by atoms with Crippen molar-refractivity contribution in [3.8, 4) is 0 Å². The van der Waals surface area contributed by atoms with E-state index in [1.165, 1.54) is 17.7 Å². The molecule has 2 nitrogen and oxygen atoms in total. The quantitative estimate of drug-likeness (QED) is 0.899. The molecule has 1 unspecified atom stereocenters. The summed E-state index contributed by atoms with van der Waals surface area (Å²) in [4.78, 5) is 0. The molecular formula is C18H20FNO. The molecule has 0 radical (unpaired) electrons. The number of rotatable bonds is 3. The number of nitrogens with one attached hydrogen (secondary N) is 1. The van der Waals surface area contributed by atoms with Crippen LogP contribution in [0.25, 0.3) is 0 Å². The van der Waals surface area contributed by atoms with E-state index in [4.69, 9.17) is 0 Å². The predicted molar refractivity (Wildman–Crippen MR) is 82.9 cm³/mol. The normalized spacial score (nSPS) is 20.9. The van der Waals surface area contributed by atoms with Gasteiger partial charge in [-0.2, -0.15) is 0 Å². The van der Waals surface area contributed by atoms with E-state index < -0.39 is 5.54 Å². The largest absolute Gasteiger partial charge is 0.394 e. The molecule has 3 rings (SSSR count). The van der Waals surface area contributed by atoms with E-state index in [0.29, 0.717) is 0 Å². The fourth-order valence-electron chi connectivity index (χ4n) is 3.34. The smallest absolute Gasteiger partial charge is 0.125 e. The van der Waals surface area contributed by atoms with Crippen molar-refractivity contribution in [2.45, 2.75) is 31.7 Å². The summed E-state index contributed by atoms with van der Waals surface area (Å²) in [5.74, 6) is -0.255. The van der Waals surface area contributed by atoms with Crippen molar-refractivity contribution >= 4 is 5.69 Å². The van der Waals surface area contributed by atoms with Crippen LogP contribution in [-0.4, -0.2) is 11.7 Å². The first kappa shape index (κ1) is 14.1. The minimum Gasteiger partial charge on any atom is -0.394 e. The van der Waals surface area contributed by atoms with Gasteiger partial charge in [-0.3, -0.25) is 0 Å². The Kier molecular flexibility index (Phi) is 3.68. The molecule has 1 aliphatic carbocycles. The van der Waals surface area contributed by atoms with Gasteiger partial charge in [0.25, 0.3) is 0 Å².